The van der Waals surface area contributed by atoms with Gasteiger partial charge in [0.15, 0.2) is 0 Å². The van der Waals surface area contributed by atoms with Crippen LogP contribution in [0.5, 0.6) is 0 Å². The second kappa shape index (κ2) is 7.27. The molecule has 0 aliphatic carbocycles. The SMILES string of the molecule is COCCCN(C)C(=O)C1CCC2C(=O)N(C)C(=O)N(C)C2N1. The molecule has 3 atom stereocenters. The molecule has 0 saturated carbocycles. The molecule has 23 heavy (non-hydrogen) atoms. The van der Waals surface area contributed by atoms with Gasteiger partial charge in [0.1, 0.15) is 0 Å². The van der Waals surface area contributed by atoms with Gasteiger partial charge in [-0.3, -0.25) is 19.8 Å². The number of carbonyl (C=O) groups excluding carboxylic acids is 3. The van der Waals surface area contributed by atoms with E-state index >= 15 is 0 Å². The minimum absolute atomic E-state index is 0.00761. The van der Waals surface area contributed by atoms with Crippen molar-refractivity contribution >= 4 is 17.8 Å². The molecule has 130 valence electrons. The van der Waals surface area contributed by atoms with Gasteiger partial charge in [0, 0.05) is 41.4 Å². The molecule has 2 aliphatic heterocycles. The molecule has 2 fully saturated rings. The van der Waals surface area contributed by atoms with Crippen molar-refractivity contribution in [3.05, 3.63) is 0 Å². The molecule has 3 unspecified atom stereocenters. The Morgan fingerprint density at radius 2 is 2.04 bits per heavy atom. The van der Waals surface area contributed by atoms with Gasteiger partial charge >= 0.3 is 6.03 Å². The zero-order valence-electron chi connectivity index (χ0n) is 14.2. The minimum atomic E-state index is -0.415. The van der Waals surface area contributed by atoms with Crippen LogP contribution in [0.3, 0.4) is 0 Å². The molecule has 0 bridgehead atoms. The molecule has 2 rings (SSSR count). The molecule has 0 radical (unpaired) electrons. The zero-order chi connectivity index (χ0) is 17.1. The van der Waals surface area contributed by atoms with Crippen LogP contribution in [0.25, 0.3) is 0 Å². The number of urea groups is 1. The summed E-state index contributed by atoms with van der Waals surface area (Å²) in [6.07, 6.45) is 1.55. The summed E-state index contributed by atoms with van der Waals surface area (Å²) in [5.41, 5.74) is 0. The van der Waals surface area contributed by atoms with Gasteiger partial charge in [-0.2, -0.15) is 0 Å². The predicted octanol–water partition coefficient (Wildman–Crippen LogP) is -0.301. The average molecular weight is 326 g/mol. The highest BCUT2D eigenvalue weighted by Crippen LogP contribution is 2.28. The van der Waals surface area contributed by atoms with E-state index in [1.54, 1.807) is 26.1 Å². The minimum Gasteiger partial charge on any atom is -0.385 e. The number of amides is 4. The van der Waals surface area contributed by atoms with Crippen molar-refractivity contribution in [3.63, 3.8) is 0 Å². The van der Waals surface area contributed by atoms with Gasteiger partial charge in [-0.1, -0.05) is 0 Å². The number of methoxy groups -OCH3 is 1. The number of fused-ring (bicyclic) bond motifs is 1. The van der Waals surface area contributed by atoms with E-state index in [0.29, 0.717) is 26.0 Å². The van der Waals surface area contributed by atoms with Gasteiger partial charge in [-0.05, 0) is 19.3 Å². The average Bonchev–Trinajstić information content (AvgIpc) is 2.57. The van der Waals surface area contributed by atoms with E-state index in [1.807, 2.05) is 0 Å². The lowest BCUT2D eigenvalue weighted by atomic mass is 9.88. The first-order valence-corrected chi connectivity index (χ1v) is 7.92. The monoisotopic (exact) mass is 326 g/mol. The molecule has 8 heteroatoms. The van der Waals surface area contributed by atoms with Crippen molar-refractivity contribution in [2.45, 2.75) is 31.5 Å². The fourth-order valence-corrected chi connectivity index (χ4v) is 3.27. The molecule has 8 nitrogen and oxygen atoms in total. The number of likely N-dealkylation sites (N-methyl/N-ethyl adjacent to an activating group) is 1. The van der Waals surface area contributed by atoms with Crippen LogP contribution >= 0.6 is 0 Å². The van der Waals surface area contributed by atoms with Crippen LogP contribution in [0, 0.1) is 5.92 Å². The molecule has 4 amide bonds. The number of hydrogen-bond acceptors (Lipinski definition) is 5. The van der Waals surface area contributed by atoms with Gasteiger partial charge in [-0.25, -0.2) is 4.79 Å². The summed E-state index contributed by atoms with van der Waals surface area (Å²) in [5.74, 6) is -0.470. The van der Waals surface area contributed by atoms with Crippen molar-refractivity contribution in [1.82, 2.24) is 20.0 Å². The molecule has 0 aromatic rings. The lowest BCUT2D eigenvalue weighted by Crippen LogP contribution is -2.68. The highest BCUT2D eigenvalue weighted by molar-refractivity contribution is 5.98. The maximum atomic E-state index is 12.5. The molecule has 0 aromatic carbocycles. The van der Waals surface area contributed by atoms with Crippen LogP contribution in [0.1, 0.15) is 19.3 Å². The first kappa shape index (κ1) is 17.7. The highest BCUT2D eigenvalue weighted by atomic mass is 16.5. The summed E-state index contributed by atoms with van der Waals surface area (Å²) in [4.78, 5) is 41.2. The Hall–Kier alpha value is -1.67. The van der Waals surface area contributed by atoms with Crippen LogP contribution in [0.15, 0.2) is 0 Å². The van der Waals surface area contributed by atoms with E-state index in [1.165, 1.54) is 11.9 Å². The molecule has 1 N–H and O–H groups in total. The summed E-state index contributed by atoms with van der Waals surface area (Å²) in [5, 5.41) is 3.19. The Morgan fingerprint density at radius 1 is 1.35 bits per heavy atom. The van der Waals surface area contributed by atoms with E-state index in [9.17, 15) is 14.4 Å². The normalized spacial score (nSPS) is 27.9. The van der Waals surface area contributed by atoms with E-state index in [-0.39, 0.29) is 29.8 Å². The van der Waals surface area contributed by atoms with Gasteiger partial charge in [0.25, 0.3) is 0 Å². The van der Waals surface area contributed by atoms with Crippen molar-refractivity contribution in [2.75, 3.05) is 41.4 Å². The Morgan fingerprint density at radius 3 is 2.70 bits per heavy atom. The van der Waals surface area contributed by atoms with Crippen LogP contribution in [-0.4, -0.2) is 86.2 Å². The lowest BCUT2D eigenvalue weighted by molar-refractivity contribution is -0.144. The summed E-state index contributed by atoms with van der Waals surface area (Å²) < 4.78 is 5.00. The Bertz CT molecular complexity index is 484. The highest BCUT2D eigenvalue weighted by Gasteiger charge is 2.47. The second-order valence-corrected chi connectivity index (χ2v) is 6.24. The number of nitrogens with zero attached hydrogens (tertiary/aromatic N) is 3. The topological polar surface area (TPSA) is 82.2 Å². The maximum Gasteiger partial charge on any atom is 0.327 e. The largest absolute Gasteiger partial charge is 0.385 e. The number of carbonyl (C=O) groups is 3. The first-order chi connectivity index (χ1) is 10.9. The van der Waals surface area contributed by atoms with E-state index in [4.69, 9.17) is 4.74 Å². The molecule has 2 saturated heterocycles. The number of hydrogen-bond donors (Lipinski definition) is 1. The third-order valence-electron chi connectivity index (χ3n) is 4.69. The summed E-state index contributed by atoms with van der Waals surface area (Å²) in [6.45, 7) is 1.23. The molecule has 2 heterocycles. The van der Waals surface area contributed by atoms with E-state index in [0.717, 1.165) is 11.3 Å². The molecule has 2 aliphatic rings. The molecular weight excluding hydrogens is 300 g/mol. The first-order valence-electron chi connectivity index (χ1n) is 7.92. The number of imide groups is 1. The van der Waals surface area contributed by atoms with Crippen LogP contribution in [0.4, 0.5) is 4.79 Å². The molecule has 0 spiro atoms. The summed E-state index contributed by atoms with van der Waals surface area (Å²) in [6, 6.07) is -0.708. The van der Waals surface area contributed by atoms with Gasteiger partial charge in [0.05, 0.1) is 18.1 Å². The standard InChI is InChI=1S/C15H26N4O4/c1-17(8-5-9-23-4)14(21)11-7-6-10-12(16-11)18(2)15(22)19(3)13(10)20/h10-12,16H,5-9H2,1-4H3. The fourth-order valence-electron chi connectivity index (χ4n) is 3.27. The maximum absolute atomic E-state index is 12.5. The summed E-state index contributed by atoms with van der Waals surface area (Å²) in [7, 11) is 6.55. The van der Waals surface area contributed by atoms with Gasteiger partial charge in [-0.15, -0.1) is 0 Å². The van der Waals surface area contributed by atoms with Crippen molar-refractivity contribution < 1.29 is 19.1 Å². The predicted molar refractivity (Wildman–Crippen MR) is 83.5 cm³/mol. The number of ether oxygens (including phenoxy) is 1. The van der Waals surface area contributed by atoms with Crippen molar-refractivity contribution in [3.8, 4) is 0 Å². The van der Waals surface area contributed by atoms with Crippen molar-refractivity contribution in [2.24, 2.45) is 5.92 Å². The fraction of sp³-hybridized carbons (Fsp3) is 0.800. The smallest absolute Gasteiger partial charge is 0.327 e. The van der Waals surface area contributed by atoms with Gasteiger partial charge < -0.3 is 14.5 Å². The Balaban J connectivity index is 1.99. The zero-order valence-corrected chi connectivity index (χ0v) is 14.2. The summed E-state index contributed by atoms with van der Waals surface area (Å²) >= 11 is 0. The number of rotatable bonds is 5. The van der Waals surface area contributed by atoms with Crippen molar-refractivity contribution in [1.29, 1.82) is 0 Å². The lowest BCUT2D eigenvalue weighted by Gasteiger charge is -2.46. The third-order valence-corrected chi connectivity index (χ3v) is 4.69. The third kappa shape index (κ3) is 3.48. The quantitative estimate of drug-likeness (QED) is 0.702. The van der Waals surface area contributed by atoms with Gasteiger partial charge in [0.2, 0.25) is 11.8 Å². The van der Waals surface area contributed by atoms with Crippen LogP contribution < -0.4 is 5.32 Å². The number of piperidine rings is 1. The second-order valence-electron chi connectivity index (χ2n) is 6.24. The Labute approximate surface area is 136 Å². The Kier molecular flexibility index (Phi) is 5.59. The number of nitrogens with one attached hydrogen (secondary N) is 1. The van der Waals surface area contributed by atoms with E-state index < -0.39 is 6.17 Å². The van der Waals surface area contributed by atoms with Crippen LogP contribution in [-0.2, 0) is 14.3 Å². The van der Waals surface area contributed by atoms with E-state index in [2.05, 4.69) is 5.32 Å². The molecular formula is C15H26N4O4. The van der Waals surface area contributed by atoms with Crippen LogP contribution in [0.2, 0.25) is 0 Å². The molecule has 0 aromatic heterocycles.